The second kappa shape index (κ2) is 9.10. The van der Waals surface area contributed by atoms with Crippen LogP contribution in [-0.2, 0) is 0 Å². The summed E-state index contributed by atoms with van der Waals surface area (Å²) in [5.41, 5.74) is 11.4. The number of aromatic amines is 4. The van der Waals surface area contributed by atoms with Crippen LogP contribution in [0.15, 0.2) is 110 Å². The molecule has 41 heavy (non-hydrogen) atoms. The largest absolute Gasteiger partial charge is 0.361 e. The van der Waals surface area contributed by atoms with Crippen LogP contribution in [0.1, 0.15) is 5.69 Å². The van der Waals surface area contributed by atoms with Crippen molar-refractivity contribution in [2.75, 3.05) is 0 Å². The number of H-pyrrole nitrogens is 4. The maximum atomic E-state index is 3.86. The van der Waals surface area contributed by atoms with Crippen molar-refractivity contribution in [3.63, 3.8) is 0 Å². The van der Waals surface area contributed by atoms with E-state index in [1.807, 2.05) is 12.1 Å². The van der Waals surface area contributed by atoms with Crippen LogP contribution in [0.4, 0.5) is 0 Å². The van der Waals surface area contributed by atoms with Gasteiger partial charge in [0.15, 0.2) is 0 Å². The maximum absolute atomic E-state index is 3.86. The van der Waals surface area contributed by atoms with Crippen LogP contribution >= 0.6 is 0 Å². The molecule has 0 atom stereocenters. The van der Waals surface area contributed by atoms with E-state index in [2.05, 4.69) is 141 Å². The Morgan fingerprint density at radius 3 is 1.51 bits per heavy atom. The van der Waals surface area contributed by atoms with E-state index in [0.717, 1.165) is 70.1 Å². The molecule has 8 aromatic rings. The predicted octanol–water partition coefficient (Wildman–Crippen LogP) is 3.51. The number of aromatic nitrogens is 4. The van der Waals surface area contributed by atoms with Gasteiger partial charge < -0.3 is 19.9 Å². The summed E-state index contributed by atoms with van der Waals surface area (Å²) in [5, 5.41) is 14.5. The molecule has 0 aliphatic carbocycles. The Hall–Kier alpha value is -5.88. The van der Waals surface area contributed by atoms with Gasteiger partial charge in [-0.25, -0.2) is 0 Å². The maximum Gasteiger partial charge on any atom is 0.0924 e. The van der Waals surface area contributed by atoms with Gasteiger partial charge >= 0.3 is 0 Å². The zero-order valence-electron chi connectivity index (χ0n) is 22.1. The van der Waals surface area contributed by atoms with E-state index in [9.17, 15) is 0 Å². The molecule has 0 saturated carbocycles. The molecule has 0 spiro atoms. The fourth-order valence-corrected chi connectivity index (χ4v) is 5.83. The number of benzene rings is 4. The molecular formula is C37H24N4. The van der Waals surface area contributed by atoms with Gasteiger partial charge in [0.2, 0.25) is 0 Å². The van der Waals surface area contributed by atoms with Crippen LogP contribution < -0.4 is 32.1 Å². The average Bonchev–Trinajstić information content (AvgIpc) is 3.78. The van der Waals surface area contributed by atoms with Gasteiger partial charge in [-0.2, -0.15) is 0 Å². The van der Waals surface area contributed by atoms with Crippen LogP contribution in [-0.4, -0.2) is 19.9 Å². The quantitative estimate of drug-likeness (QED) is 0.254. The average molecular weight is 525 g/mol. The molecule has 4 aromatic carbocycles. The Bertz CT molecular complexity index is 2730. The highest BCUT2D eigenvalue weighted by Crippen LogP contribution is 2.18. The van der Waals surface area contributed by atoms with Crippen molar-refractivity contribution in [3.8, 4) is 0 Å². The molecule has 0 unspecified atom stereocenters. The summed E-state index contributed by atoms with van der Waals surface area (Å²) in [6.07, 6.45) is 4.23. The molecule has 0 fully saturated rings. The normalized spacial score (nSPS) is 11.9. The van der Waals surface area contributed by atoms with E-state index in [4.69, 9.17) is 0 Å². The lowest BCUT2D eigenvalue weighted by Crippen LogP contribution is -2.15. The summed E-state index contributed by atoms with van der Waals surface area (Å²) >= 11 is 0. The first-order valence-corrected chi connectivity index (χ1v) is 13.6. The molecule has 0 amide bonds. The van der Waals surface area contributed by atoms with Gasteiger partial charge in [-0.05, 0) is 11.5 Å². The van der Waals surface area contributed by atoms with Crippen LogP contribution in [0.2, 0.25) is 0 Å². The summed E-state index contributed by atoms with van der Waals surface area (Å²) < 4.78 is 0. The minimum Gasteiger partial charge on any atom is -0.361 e. The van der Waals surface area contributed by atoms with Gasteiger partial charge in [-0.15, -0.1) is 5.73 Å². The minimum atomic E-state index is 0.869. The first kappa shape index (κ1) is 23.0. The first-order chi connectivity index (χ1) is 20.3. The van der Waals surface area contributed by atoms with Gasteiger partial charge in [-0.1, -0.05) is 115 Å². The highest BCUT2D eigenvalue weighted by atomic mass is 14.7. The number of hydrogen-bond acceptors (Lipinski definition) is 0. The number of nitrogens with one attached hydrogen (secondary N) is 4. The van der Waals surface area contributed by atoms with Gasteiger partial charge in [0.05, 0.1) is 26.7 Å². The third-order valence-electron chi connectivity index (χ3n) is 7.78. The second-order valence-corrected chi connectivity index (χ2v) is 10.2. The van der Waals surface area contributed by atoms with E-state index in [1.54, 1.807) is 0 Å². The van der Waals surface area contributed by atoms with Crippen molar-refractivity contribution in [2.45, 2.75) is 0 Å². The summed E-state index contributed by atoms with van der Waals surface area (Å²) in [4.78, 5) is 14.1. The zero-order valence-corrected chi connectivity index (χ0v) is 22.1. The Kier molecular flexibility index (Phi) is 5.12. The topological polar surface area (TPSA) is 63.2 Å². The molecule has 4 N–H and O–H groups in total. The van der Waals surface area contributed by atoms with E-state index >= 15 is 0 Å². The van der Waals surface area contributed by atoms with Crippen LogP contribution in [0, 0.1) is 0 Å². The molecule has 0 radical (unpaired) electrons. The third-order valence-corrected chi connectivity index (χ3v) is 7.78. The number of hydrogen-bond donors (Lipinski definition) is 4. The highest BCUT2D eigenvalue weighted by Gasteiger charge is 2.05. The van der Waals surface area contributed by atoms with Gasteiger partial charge in [0, 0.05) is 54.9 Å². The zero-order chi connectivity index (χ0) is 27.3. The Morgan fingerprint density at radius 1 is 0.488 bits per heavy atom. The molecule has 4 nitrogen and oxygen atoms in total. The van der Waals surface area contributed by atoms with Crippen LogP contribution in [0.25, 0.3) is 66.4 Å². The van der Waals surface area contributed by atoms with Gasteiger partial charge in [-0.3, -0.25) is 0 Å². The van der Waals surface area contributed by atoms with Crippen molar-refractivity contribution in [1.82, 2.24) is 19.9 Å². The van der Waals surface area contributed by atoms with Crippen molar-refractivity contribution in [3.05, 3.63) is 148 Å². The fourth-order valence-electron chi connectivity index (χ4n) is 5.83. The van der Waals surface area contributed by atoms with E-state index in [0.29, 0.717) is 0 Å². The molecule has 4 heterocycles. The fraction of sp³-hybridized carbons (Fsp3) is 0. The minimum absolute atomic E-state index is 0.869. The molecule has 0 aliphatic heterocycles. The van der Waals surface area contributed by atoms with Crippen molar-refractivity contribution in [2.24, 2.45) is 0 Å². The molecule has 192 valence electrons. The Labute approximate surface area is 233 Å². The number of rotatable bonds is 1. The monoisotopic (exact) mass is 524 g/mol. The lowest BCUT2D eigenvalue weighted by molar-refractivity contribution is 1.25. The Balaban J connectivity index is 1.51. The summed E-state index contributed by atoms with van der Waals surface area (Å²) in [6, 6.07) is 33.4. The van der Waals surface area contributed by atoms with Crippen molar-refractivity contribution < 1.29 is 0 Å². The summed E-state index contributed by atoms with van der Waals surface area (Å²) in [6.45, 7) is 3.86. The van der Waals surface area contributed by atoms with E-state index in [1.165, 1.54) is 10.8 Å². The van der Waals surface area contributed by atoms with Gasteiger partial charge in [0.1, 0.15) is 0 Å². The summed E-state index contributed by atoms with van der Waals surface area (Å²) in [5.74, 6) is 0. The standard InChI is InChI=1S/C37H24N4/c1-2-31-25-13-5-6-14-26(25)34(39-31)20-35-29-17-9-10-18-30(29)37(41-35)21-36-28-16-8-7-15-27(28)33(40-36)19-32-24-12-4-3-11-23(24)22-38-32/h3-19,22,38-41H,1H2. The second-order valence-electron chi connectivity index (χ2n) is 10.2. The molecule has 0 saturated heterocycles. The molecule has 0 aliphatic rings. The highest BCUT2D eigenvalue weighted by molar-refractivity contribution is 5.92. The van der Waals surface area contributed by atoms with E-state index in [-0.39, 0.29) is 0 Å². The smallest absolute Gasteiger partial charge is 0.0924 e. The van der Waals surface area contributed by atoms with Crippen LogP contribution in [0.3, 0.4) is 0 Å². The Morgan fingerprint density at radius 2 is 0.927 bits per heavy atom. The predicted molar refractivity (Wildman–Crippen MR) is 169 cm³/mol. The molecule has 4 aromatic heterocycles. The van der Waals surface area contributed by atoms with E-state index < -0.39 is 0 Å². The molecule has 8 rings (SSSR count). The SMILES string of the molecule is C=C=c1[nH]c(=C=c2[nH]c(=C=c3[nH]c(=Cc4[nH]cc5ccccc45)c4ccccc34)c3ccccc23)c2ccccc12. The van der Waals surface area contributed by atoms with Gasteiger partial charge in [0.25, 0.3) is 0 Å². The lowest BCUT2D eigenvalue weighted by atomic mass is 10.1. The lowest BCUT2D eigenvalue weighted by Gasteiger charge is -1.91. The van der Waals surface area contributed by atoms with Crippen LogP contribution in [0.5, 0.6) is 0 Å². The molecular weight excluding hydrogens is 500 g/mol. The molecule has 4 heteroatoms. The number of fused-ring (bicyclic) bond motifs is 4. The van der Waals surface area contributed by atoms with Crippen molar-refractivity contribution >= 4 is 66.4 Å². The third kappa shape index (κ3) is 3.73. The summed E-state index contributed by atoms with van der Waals surface area (Å²) in [7, 11) is 0. The molecule has 0 bridgehead atoms. The first-order valence-electron chi connectivity index (χ1n) is 13.6. The van der Waals surface area contributed by atoms with Crippen molar-refractivity contribution in [1.29, 1.82) is 0 Å².